The Morgan fingerprint density at radius 2 is 1.70 bits per heavy atom. The molecule has 1 aromatic carbocycles. The van der Waals surface area contributed by atoms with Gasteiger partial charge < -0.3 is 15.1 Å². The number of hydrogen-bond donors (Lipinski definition) is 1. The fourth-order valence-electron chi connectivity index (χ4n) is 3.64. The zero-order valence-electron chi connectivity index (χ0n) is 17.5. The molecule has 1 saturated heterocycles. The highest BCUT2D eigenvalue weighted by atomic mass is 32.1. The number of aromatic nitrogens is 1. The molecule has 2 aromatic rings. The van der Waals surface area contributed by atoms with Crippen molar-refractivity contribution >= 4 is 29.1 Å². The SMILES string of the molecule is Cc1ccc(-c2nc(C)c(C(=O)N3CCN(C(=O)C(=O)NC4CC4)CC3)s2)c(C)c1. The second kappa shape index (κ2) is 8.18. The van der Waals surface area contributed by atoms with Gasteiger partial charge in [0, 0.05) is 37.8 Å². The van der Waals surface area contributed by atoms with E-state index in [0.29, 0.717) is 31.1 Å². The minimum absolute atomic E-state index is 0.0597. The van der Waals surface area contributed by atoms with Crippen LogP contribution in [-0.4, -0.2) is 64.7 Å². The van der Waals surface area contributed by atoms with Gasteiger partial charge in [0.15, 0.2) is 0 Å². The molecule has 0 bridgehead atoms. The van der Waals surface area contributed by atoms with Crippen LogP contribution in [0.5, 0.6) is 0 Å². The first-order valence-corrected chi connectivity index (χ1v) is 11.1. The lowest BCUT2D eigenvalue weighted by atomic mass is 10.1. The van der Waals surface area contributed by atoms with Crippen LogP contribution in [0.25, 0.3) is 10.6 Å². The van der Waals surface area contributed by atoms with Crippen molar-refractivity contribution in [2.45, 2.75) is 39.7 Å². The molecule has 2 aliphatic rings. The zero-order chi connectivity index (χ0) is 21.4. The summed E-state index contributed by atoms with van der Waals surface area (Å²) in [6.45, 7) is 7.53. The van der Waals surface area contributed by atoms with Gasteiger partial charge in [-0.2, -0.15) is 0 Å². The molecule has 1 aromatic heterocycles. The summed E-state index contributed by atoms with van der Waals surface area (Å²) in [6, 6.07) is 6.37. The molecular weight excluding hydrogens is 400 g/mol. The summed E-state index contributed by atoms with van der Waals surface area (Å²) < 4.78 is 0. The fourth-order valence-corrected chi connectivity index (χ4v) is 4.76. The lowest BCUT2D eigenvalue weighted by Gasteiger charge is -2.34. The Bertz CT molecular complexity index is 1000. The van der Waals surface area contributed by atoms with Crippen LogP contribution >= 0.6 is 11.3 Å². The predicted molar refractivity (Wildman–Crippen MR) is 115 cm³/mol. The first-order chi connectivity index (χ1) is 14.3. The van der Waals surface area contributed by atoms with Crippen LogP contribution in [0.4, 0.5) is 0 Å². The molecule has 3 amide bonds. The third-order valence-corrected chi connectivity index (χ3v) is 6.74. The summed E-state index contributed by atoms with van der Waals surface area (Å²) in [4.78, 5) is 45.9. The van der Waals surface area contributed by atoms with E-state index in [4.69, 9.17) is 0 Å². The van der Waals surface area contributed by atoms with Crippen molar-refractivity contribution in [3.63, 3.8) is 0 Å². The third-order valence-electron chi connectivity index (χ3n) is 5.56. The Morgan fingerprint density at radius 3 is 2.33 bits per heavy atom. The molecule has 30 heavy (non-hydrogen) atoms. The number of rotatable bonds is 3. The Balaban J connectivity index is 1.41. The molecule has 0 radical (unpaired) electrons. The van der Waals surface area contributed by atoms with Gasteiger partial charge in [0.25, 0.3) is 5.91 Å². The Kier molecular flexibility index (Phi) is 5.60. The summed E-state index contributed by atoms with van der Waals surface area (Å²) >= 11 is 1.41. The summed E-state index contributed by atoms with van der Waals surface area (Å²) in [5.74, 6) is -1.09. The van der Waals surface area contributed by atoms with Crippen molar-refractivity contribution in [2.24, 2.45) is 0 Å². The van der Waals surface area contributed by atoms with E-state index in [1.807, 2.05) is 13.0 Å². The van der Waals surface area contributed by atoms with Crippen LogP contribution in [0.1, 0.15) is 39.3 Å². The topological polar surface area (TPSA) is 82.6 Å². The Hall–Kier alpha value is -2.74. The summed E-state index contributed by atoms with van der Waals surface area (Å²) in [5, 5.41) is 3.57. The lowest BCUT2D eigenvalue weighted by molar-refractivity contribution is -0.146. The maximum Gasteiger partial charge on any atom is 0.312 e. The maximum atomic E-state index is 13.1. The number of nitrogens with zero attached hydrogens (tertiary/aromatic N) is 3. The second-order valence-electron chi connectivity index (χ2n) is 8.08. The minimum Gasteiger partial charge on any atom is -0.345 e. The molecule has 1 aliphatic heterocycles. The molecular formula is C22H26N4O3S. The van der Waals surface area contributed by atoms with Crippen LogP contribution in [0.2, 0.25) is 0 Å². The highest BCUT2D eigenvalue weighted by molar-refractivity contribution is 7.17. The fraction of sp³-hybridized carbons (Fsp3) is 0.455. The Morgan fingerprint density at radius 1 is 1.03 bits per heavy atom. The number of benzene rings is 1. The number of nitrogens with one attached hydrogen (secondary N) is 1. The smallest absolute Gasteiger partial charge is 0.312 e. The van der Waals surface area contributed by atoms with E-state index in [-0.39, 0.29) is 11.9 Å². The predicted octanol–water partition coefficient (Wildman–Crippen LogP) is 2.30. The molecule has 0 unspecified atom stereocenters. The van der Waals surface area contributed by atoms with E-state index in [9.17, 15) is 14.4 Å². The number of aryl methyl sites for hydroxylation is 3. The van der Waals surface area contributed by atoms with Gasteiger partial charge in [0.2, 0.25) is 0 Å². The van der Waals surface area contributed by atoms with E-state index in [0.717, 1.165) is 34.7 Å². The molecule has 2 fully saturated rings. The van der Waals surface area contributed by atoms with Crippen molar-refractivity contribution in [3.05, 3.63) is 39.9 Å². The van der Waals surface area contributed by atoms with Gasteiger partial charge in [-0.1, -0.05) is 23.8 Å². The highest BCUT2D eigenvalue weighted by Gasteiger charge is 2.32. The van der Waals surface area contributed by atoms with Crippen molar-refractivity contribution < 1.29 is 14.4 Å². The van der Waals surface area contributed by atoms with E-state index < -0.39 is 11.8 Å². The van der Waals surface area contributed by atoms with Gasteiger partial charge in [-0.15, -0.1) is 11.3 Å². The quantitative estimate of drug-likeness (QED) is 0.764. The largest absolute Gasteiger partial charge is 0.345 e. The molecule has 2 heterocycles. The molecule has 158 valence electrons. The highest BCUT2D eigenvalue weighted by Crippen LogP contribution is 2.31. The molecule has 4 rings (SSSR count). The average molecular weight is 427 g/mol. The average Bonchev–Trinajstić information content (AvgIpc) is 3.46. The van der Waals surface area contributed by atoms with E-state index in [1.165, 1.54) is 21.8 Å². The molecule has 0 atom stereocenters. The molecule has 1 saturated carbocycles. The number of amides is 3. The first kappa shape index (κ1) is 20.5. The van der Waals surface area contributed by atoms with Gasteiger partial charge in [0.05, 0.1) is 5.69 Å². The number of piperazine rings is 1. The van der Waals surface area contributed by atoms with Gasteiger partial charge >= 0.3 is 11.8 Å². The number of thiazole rings is 1. The van der Waals surface area contributed by atoms with Crippen LogP contribution in [0, 0.1) is 20.8 Å². The first-order valence-electron chi connectivity index (χ1n) is 10.3. The molecule has 8 heteroatoms. The van der Waals surface area contributed by atoms with E-state index in [1.54, 1.807) is 4.90 Å². The third kappa shape index (κ3) is 4.23. The lowest BCUT2D eigenvalue weighted by Crippen LogP contribution is -2.54. The number of carbonyl (C=O) groups is 3. The summed E-state index contributed by atoms with van der Waals surface area (Å²) in [6.07, 6.45) is 1.89. The number of hydrogen-bond acceptors (Lipinski definition) is 5. The van der Waals surface area contributed by atoms with Gasteiger partial charge in [-0.3, -0.25) is 14.4 Å². The molecule has 0 spiro atoms. The van der Waals surface area contributed by atoms with Crippen molar-refractivity contribution in [3.8, 4) is 10.6 Å². The van der Waals surface area contributed by atoms with Gasteiger partial charge in [-0.05, 0) is 39.2 Å². The summed E-state index contributed by atoms with van der Waals surface area (Å²) in [7, 11) is 0. The Labute approximate surface area is 180 Å². The van der Waals surface area contributed by atoms with Crippen LogP contribution < -0.4 is 5.32 Å². The monoisotopic (exact) mass is 426 g/mol. The van der Waals surface area contributed by atoms with Crippen LogP contribution in [0.3, 0.4) is 0 Å². The van der Waals surface area contributed by atoms with E-state index in [2.05, 4.69) is 36.3 Å². The second-order valence-corrected chi connectivity index (χ2v) is 9.08. The zero-order valence-corrected chi connectivity index (χ0v) is 18.3. The molecule has 1 N–H and O–H groups in total. The van der Waals surface area contributed by atoms with Gasteiger partial charge in [0.1, 0.15) is 9.88 Å². The van der Waals surface area contributed by atoms with Crippen LogP contribution in [-0.2, 0) is 9.59 Å². The molecule has 7 nitrogen and oxygen atoms in total. The van der Waals surface area contributed by atoms with Crippen LogP contribution in [0.15, 0.2) is 18.2 Å². The van der Waals surface area contributed by atoms with Crippen molar-refractivity contribution in [1.82, 2.24) is 20.1 Å². The van der Waals surface area contributed by atoms with E-state index >= 15 is 0 Å². The standard InChI is InChI=1S/C22H26N4O3S/c1-13-4-7-17(14(2)12-13)20-23-15(3)18(30-20)21(28)25-8-10-26(11-9-25)22(29)19(27)24-16-5-6-16/h4,7,12,16H,5-6,8-11H2,1-3H3,(H,24,27). The normalized spacial score (nSPS) is 16.5. The van der Waals surface area contributed by atoms with Crippen molar-refractivity contribution in [2.75, 3.05) is 26.2 Å². The van der Waals surface area contributed by atoms with Crippen molar-refractivity contribution in [1.29, 1.82) is 0 Å². The minimum atomic E-state index is -0.534. The van der Waals surface area contributed by atoms with Gasteiger partial charge in [-0.25, -0.2) is 4.98 Å². The summed E-state index contributed by atoms with van der Waals surface area (Å²) in [5.41, 5.74) is 4.10. The maximum absolute atomic E-state index is 13.1. The number of carbonyl (C=O) groups excluding carboxylic acids is 3. The molecule has 1 aliphatic carbocycles.